The Morgan fingerprint density at radius 1 is 1.28 bits per heavy atom. The summed E-state index contributed by atoms with van der Waals surface area (Å²) >= 11 is 0. The van der Waals surface area contributed by atoms with Crippen LogP contribution in [0.3, 0.4) is 0 Å². The van der Waals surface area contributed by atoms with Gasteiger partial charge in [0.05, 0.1) is 12.3 Å². The summed E-state index contributed by atoms with van der Waals surface area (Å²) in [6.45, 7) is 3.03. The number of aliphatic hydroxyl groups is 1. The average Bonchev–Trinajstić information content (AvgIpc) is 2.57. The molecule has 0 bridgehead atoms. The molecule has 1 aromatic heterocycles. The zero-order chi connectivity index (χ0) is 18.4. The first-order chi connectivity index (χ1) is 11.9. The van der Waals surface area contributed by atoms with Crippen molar-refractivity contribution in [2.24, 2.45) is 0 Å². The molecule has 132 valence electrons. The molecular formula is C18H20N2O5. The first-order valence-electron chi connectivity index (χ1n) is 7.77. The largest absolute Gasteiger partial charge is 0.478 e. The standard InChI is InChI=1S/C18H20N2O5/c1-12-18(16(23)6-7-20(12)8-9-21)25-11-17(24)19-15-5-3-4-14(10-15)13(2)22/h3-7,10,21H,8-9,11H2,1-2H3,(H,19,24). The number of rotatable bonds is 7. The number of hydrogen-bond donors (Lipinski definition) is 2. The van der Waals surface area contributed by atoms with Gasteiger partial charge in [0.25, 0.3) is 5.91 Å². The van der Waals surface area contributed by atoms with E-state index in [9.17, 15) is 14.4 Å². The molecule has 0 saturated heterocycles. The van der Waals surface area contributed by atoms with Crippen molar-refractivity contribution in [2.75, 3.05) is 18.5 Å². The Kier molecular flexibility index (Phi) is 6.08. The summed E-state index contributed by atoms with van der Waals surface area (Å²) in [4.78, 5) is 35.3. The van der Waals surface area contributed by atoms with Crippen LogP contribution in [0.25, 0.3) is 0 Å². The van der Waals surface area contributed by atoms with E-state index in [1.165, 1.54) is 13.0 Å². The fraction of sp³-hybridized carbons (Fsp3) is 0.278. The summed E-state index contributed by atoms with van der Waals surface area (Å²) in [7, 11) is 0. The molecule has 0 saturated carbocycles. The molecule has 1 aromatic carbocycles. The predicted octanol–water partition coefficient (Wildman–Crippen LogP) is 1.37. The van der Waals surface area contributed by atoms with Gasteiger partial charge in [-0.2, -0.15) is 0 Å². The molecule has 0 unspecified atom stereocenters. The van der Waals surface area contributed by atoms with E-state index < -0.39 is 5.91 Å². The van der Waals surface area contributed by atoms with Crippen LogP contribution in [0.2, 0.25) is 0 Å². The molecule has 0 aliphatic heterocycles. The maximum atomic E-state index is 12.0. The number of aromatic nitrogens is 1. The fourth-order valence-electron chi connectivity index (χ4n) is 2.33. The number of carbonyl (C=O) groups is 2. The third-order valence-electron chi connectivity index (χ3n) is 3.63. The molecule has 7 heteroatoms. The van der Waals surface area contributed by atoms with Crippen LogP contribution in [0, 0.1) is 6.92 Å². The third kappa shape index (κ3) is 4.77. The number of ether oxygens (including phenoxy) is 1. The Morgan fingerprint density at radius 2 is 2.04 bits per heavy atom. The number of Topliss-reactive ketones (excluding diaryl/α,β-unsaturated/α-hetero) is 1. The van der Waals surface area contributed by atoms with Crippen molar-refractivity contribution in [1.82, 2.24) is 4.57 Å². The van der Waals surface area contributed by atoms with Gasteiger partial charge in [-0.3, -0.25) is 14.4 Å². The Bertz CT molecular complexity index is 842. The zero-order valence-corrected chi connectivity index (χ0v) is 14.1. The van der Waals surface area contributed by atoms with E-state index in [0.717, 1.165) is 0 Å². The number of hydrogen-bond acceptors (Lipinski definition) is 5. The van der Waals surface area contributed by atoms with E-state index in [1.54, 1.807) is 42.0 Å². The summed E-state index contributed by atoms with van der Waals surface area (Å²) in [6, 6.07) is 7.88. The quantitative estimate of drug-likeness (QED) is 0.739. The summed E-state index contributed by atoms with van der Waals surface area (Å²) in [5, 5.41) is 11.6. The van der Waals surface area contributed by atoms with Gasteiger partial charge in [-0.15, -0.1) is 0 Å². The molecule has 0 aliphatic carbocycles. The smallest absolute Gasteiger partial charge is 0.262 e. The average molecular weight is 344 g/mol. The molecule has 0 radical (unpaired) electrons. The third-order valence-corrected chi connectivity index (χ3v) is 3.63. The van der Waals surface area contributed by atoms with E-state index in [1.807, 2.05) is 0 Å². The Hall–Kier alpha value is -2.93. The first-order valence-corrected chi connectivity index (χ1v) is 7.77. The van der Waals surface area contributed by atoms with Crippen molar-refractivity contribution >= 4 is 17.4 Å². The van der Waals surface area contributed by atoms with Crippen LogP contribution in [0.5, 0.6) is 5.75 Å². The molecule has 1 heterocycles. The number of aliphatic hydroxyl groups excluding tert-OH is 1. The maximum absolute atomic E-state index is 12.0. The van der Waals surface area contributed by atoms with E-state index >= 15 is 0 Å². The van der Waals surface area contributed by atoms with Crippen LogP contribution in [0.15, 0.2) is 41.3 Å². The second kappa shape index (κ2) is 8.25. The van der Waals surface area contributed by atoms with E-state index in [0.29, 0.717) is 23.5 Å². The molecule has 0 fully saturated rings. The SMILES string of the molecule is CC(=O)c1cccc(NC(=O)COc2c(C)n(CCO)ccc2=O)c1. The van der Waals surface area contributed by atoms with E-state index in [4.69, 9.17) is 9.84 Å². The van der Waals surface area contributed by atoms with Gasteiger partial charge in [-0.25, -0.2) is 0 Å². The second-order valence-corrected chi connectivity index (χ2v) is 5.49. The van der Waals surface area contributed by atoms with Gasteiger partial charge in [-0.1, -0.05) is 12.1 Å². The van der Waals surface area contributed by atoms with Gasteiger partial charge in [-0.05, 0) is 26.0 Å². The number of amides is 1. The van der Waals surface area contributed by atoms with Crippen LogP contribution < -0.4 is 15.5 Å². The van der Waals surface area contributed by atoms with Gasteiger partial charge in [0.2, 0.25) is 5.43 Å². The molecule has 2 rings (SSSR count). The number of anilines is 1. The summed E-state index contributed by atoms with van der Waals surface area (Å²) in [5.74, 6) is -0.475. The van der Waals surface area contributed by atoms with Gasteiger partial charge in [0.15, 0.2) is 18.1 Å². The second-order valence-electron chi connectivity index (χ2n) is 5.49. The minimum atomic E-state index is -0.447. The van der Waals surface area contributed by atoms with Crippen molar-refractivity contribution in [2.45, 2.75) is 20.4 Å². The molecule has 0 spiro atoms. The highest BCUT2D eigenvalue weighted by atomic mass is 16.5. The van der Waals surface area contributed by atoms with Gasteiger partial charge in [0.1, 0.15) is 0 Å². The monoisotopic (exact) mass is 344 g/mol. The topological polar surface area (TPSA) is 97.6 Å². The maximum Gasteiger partial charge on any atom is 0.262 e. The summed E-state index contributed by atoms with van der Waals surface area (Å²) < 4.78 is 7.04. The number of nitrogens with one attached hydrogen (secondary N) is 1. The number of ketones is 1. The summed E-state index contributed by atoms with van der Waals surface area (Å²) in [6.07, 6.45) is 1.56. The first kappa shape index (κ1) is 18.4. The van der Waals surface area contributed by atoms with Crippen LogP contribution in [0.4, 0.5) is 5.69 Å². The van der Waals surface area contributed by atoms with Crippen LogP contribution >= 0.6 is 0 Å². The fourth-order valence-corrected chi connectivity index (χ4v) is 2.33. The molecule has 7 nitrogen and oxygen atoms in total. The molecule has 25 heavy (non-hydrogen) atoms. The molecule has 1 amide bonds. The minimum absolute atomic E-state index is 0.0728. The van der Waals surface area contributed by atoms with Crippen LogP contribution in [-0.4, -0.2) is 34.6 Å². The van der Waals surface area contributed by atoms with Crippen molar-refractivity contribution < 1.29 is 19.4 Å². The molecule has 2 aromatic rings. The highest BCUT2D eigenvalue weighted by Gasteiger charge is 2.11. The van der Waals surface area contributed by atoms with E-state index in [2.05, 4.69) is 5.32 Å². The van der Waals surface area contributed by atoms with Gasteiger partial charge in [0, 0.05) is 30.1 Å². The van der Waals surface area contributed by atoms with Crippen molar-refractivity contribution in [3.63, 3.8) is 0 Å². The number of nitrogens with zero attached hydrogens (tertiary/aromatic N) is 1. The van der Waals surface area contributed by atoms with Crippen LogP contribution in [-0.2, 0) is 11.3 Å². The van der Waals surface area contributed by atoms with Gasteiger partial charge >= 0.3 is 0 Å². The van der Waals surface area contributed by atoms with E-state index in [-0.39, 0.29) is 30.2 Å². The lowest BCUT2D eigenvalue weighted by molar-refractivity contribution is -0.118. The minimum Gasteiger partial charge on any atom is -0.478 e. The predicted molar refractivity (Wildman–Crippen MR) is 93.1 cm³/mol. The molecule has 2 N–H and O–H groups in total. The lowest BCUT2D eigenvalue weighted by atomic mass is 10.1. The Morgan fingerprint density at radius 3 is 2.72 bits per heavy atom. The molecular weight excluding hydrogens is 324 g/mol. The normalized spacial score (nSPS) is 10.4. The molecule has 0 aliphatic rings. The van der Waals surface area contributed by atoms with Crippen LogP contribution in [0.1, 0.15) is 23.0 Å². The Labute approximate surface area is 144 Å². The zero-order valence-electron chi connectivity index (χ0n) is 14.1. The summed E-state index contributed by atoms with van der Waals surface area (Å²) in [5.41, 5.74) is 1.17. The number of benzene rings is 1. The van der Waals surface area contributed by atoms with Crippen molar-refractivity contribution in [1.29, 1.82) is 0 Å². The highest BCUT2D eigenvalue weighted by Crippen LogP contribution is 2.13. The number of pyridine rings is 1. The van der Waals surface area contributed by atoms with Gasteiger partial charge < -0.3 is 19.7 Å². The molecule has 0 atom stereocenters. The highest BCUT2D eigenvalue weighted by molar-refractivity contribution is 5.97. The lowest BCUT2D eigenvalue weighted by Crippen LogP contribution is -2.24. The lowest BCUT2D eigenvalue weighted by Gasteiger charge is -2.14. The van der Waals surface area contributed by atoms with Crippen molar-refractivity contribution in [3.8, 4) is 5.75 Å². The van der Waals surface area contributed by atoms with Crippen molar-refractivity contribution in [3.05, 3.63) is 58.0 Å². The Balaban J connectivity index is 2.05. The number of carbonyl (C=O) groups excluding carboxylic acids is 2.